The summed E-state index contributed by atoms with van der Waals surface area (Å²) in [6.07, 6.45) is 0.797. The minimum atomic E-state index is -0.597. The fourth-order valence-corrected chi connectivity index (χ4v) is 3.57. The molecule has 0 aliphatic carbocycles. The standard InChI is InChI=1S/C23H22N2O6S/c1-15-24-18(14-32-15)12-30-19-6-3-16(4-7-19)23(27)31-13-22(26)25-17-5-8-20-21(11-17)29-10-2-9-28-20/h3-8,11,14H,2,9-10,12-13H2,1H3,(H,25,26). The SMILES string of the molecule is Cc1nc(COc2ccc(C(=O)OCC(=O)Nc3ccc4c(c3)OCCCO4)cc2)cs1. The van der Waals surface area contributed by atoms with Crippen molar-refractivity contribution in [3.05, 3.63) is 64.1 Å². The molecule has 0 bridgehead atoms. The third-order valence-electron chi connectivity index (χ3n) is 4.51. The van der Waals surface area contributed by atoms with Gasteiger partial charge in [0.25, 0.3) is 5.91 Å². The van der Waals surface area contributed by atoms with E-state index in [0.29, 0.717) is 48.3 Å². The van der Waals surface area contributed by atoms with E-state index in [1.54, 1.807) is 53.8 Å². The highest BCUT2D eigenvalue weighted by Gasteiger charge is 2.14. The summed E-state index contributed by atoms with van der Waals surface area (Å²) in [4.78, 5) is 28.7. The number of hydrogen-bond acceptors (Lipinski definition) is 8. The molecular weight excluding hydrogens is 432 g/mol. The molecule has 1 amide bonds. The van der Waals surface area contributed by atoms with Gasteiger partial charge in [-0.25, -0.2) is 9.78 Å². The van der Waals surface area contributed by atoms with Gasteiger partial charge >= 0.3 is 5.97 Å². The molecule has 1 aliphatic rings. The van der Waals surface area contributed by atoms with Crippen LogP contribution >= 0.6 is 11.3 Å². The van der Waals surface area contributed by atoms with Crippen LogP contribution in [0.5, 0.6) is 17.2 Å². The third-order valence-corrected chi connectivity index (χ3v) is 5.33. The first-order valence-corrected chi connectivity index (χ1v) is 11.0. The number of amides is 1. The molecular formula is C23H22N2O6S. The van der Waals surface area contributed by atoms with Crippen molar-refractivity contribution >= 4 is 28.9 Å². The minimum absolute atomic E-state index is 0.324. The van der Waals surface area contributed by atoms with Crippen molar-refractivity contribution in [1.29, 1.82) is 0 Å². The maximum absolute atomic E-state index is 12.2. The molecule has 4 rings (SSSR count). The quantitative estimate of drug-likeness (QED) is 0.539. The molecule has 9 heteroatoms. The number of carbonyl (C=O) groups excluding carboxylic acids is 2. The maximum Gasteiger partial charge on any atom is 0.338 e. The number of thiazole rings is 1. The highest BCUT2D eigenvalue weighted by Crippen LogP contribution is 2.32. The first-order valence-electron chi connectivity index (χ1n) is 10.1. The van der Waals surface area contributed by atoms with Gasteiger partial charge in [0.1, 0.15) is 12.4 Å². The second-order valence-electron chi connectivity index (χ2n) is 7.01. The summed E-state index contributed by atoms with van der Waals surface area (Å²) in [6, 6.07) is 11.7. The minimum Gasteiger partial charge on any atom is -0.490 e. The number of nitrogens with one attached hydrogen (secondary N) is 1. The first-order chi connectivity index (χ1) is 15.6. The van der Waals surface area contributed by atoms with Crippen molar-refractivity contribution < 1.29 is 28.5 Å². The fraction of sp³-hybridized carbons (Fsp3) is 0.261. The number of carbonyl (C=O) groups is 2. The van der Waals surface area contributed by atoms with E-state index in [9.17, 15) is 9.59 Å². The van der Waals surface area contributed by atoms with Gasteiger partial charge in [0.2, 0.25) is 0 Å². The number of aromatic nitrogens is 1. The highest BCUT2D eigenvalue weighted by molar-refractivity contribution is 7.09. The normalized spacial score (nSPS) is 12.5. The van der Waals surface area contributed by atoms with Gasteiger partial charge in [0.15, 0.2) is 18.1 Å². The predicted molar refractivity (Wildman–Crippen MR) is 119 cm³/mol. The maximum atomic E-state index is 12.2. The van der Waals surface area contributed by atoms with Crippen LogP contribution in [-0.2, 0) is 16.1 Å². The number of anilines is 1. The molecule has 0 fully saturated rings. The topological polar surface area (TPSA) is 96.0 Å². The summed E-state index contributed by atoms with van der Waals surface area (Å²) in [7, 11) is 0. The average Bonchev–Trinajstić information content (AvgIpc) is 3.08. The Labute approximate surface area is 189 Å². The summed E-state index contributed by atoms with van der Waals surface area (Å²) in [5, 5.41) is 5.61. The second kappa shape index (κ2) is 10.1. The van der Waals surface area contributed by atoms with Crippen molar-refractivity contribution in [2.75, 3.05) is 25.1 Å². The molecule has 166 valence electrons. The lowest BCUT2D eigenvalue weighted by molar-refractivity contribution is -0.119. The largest absolute Gasteiger partial charge is 0.490 e. The van der Waals surface area contributed by atoms with Gasteiger partial charge in [-0.2, -0.15) is 0 Å². The Kier molecular flexibility index (Phi) is 6.86. The summed E-state index contributed by atoms with van der Waals surface area (Å²) >= 11 is 1.56. The van der Waals surface area contributed by atoms with E-state index in [-0.39, 0.29) is 0 Å². The first kappa shape index (κ1) is 21.6. The van der Waals surface area contributed by atoms with E-state index in [2.05, 4.69) is 10.3 Å². The number of hydrogen-bond donors (Lipinski definition) is 1. The van der Waals surface area contributed by atoms with E-state index in [1.807, 2.05) is 12.3 Å². The fourth-order valence-electron chi connectivity index (χ4n) is 2.97. The van der Waals surface area contributed by atoms with Crippen molar-refractivity contribution in [2.24, 2.45) is 0 Å². The zero-order valence-electron chi connectivity index (χ0n) is 17.5. The predicted octanol–water partition coefficient (Wildman–Crippen LogP) is 3.99. The Morgan fingerprint density at radius 2 is 1.88 bits per heavy atom. The van der Waals surface area contributed by atoms with Crippen molar-refractivity contribution in [3.8, 4) is 17.2 Å². The Morgan fingerprint density at radius 3 is 2.62 bits per heavy atom. The van der Waals surface area contributed by atoms with Crippen molar-refractivity contribution in [3.63, 3.8) is 0 Å². The molecule has 0 saturated heterocycles. The van der Waals surface area contributed by atoms with E-state index < -0.39 is 18.5 Å². The number of rotatable bonds is 7. The Morgan fingerprint density at radius 1 is 1.09 bits per heavy atom. The molecule has 3 aromatic rings. The Bertz CT molecular complexity index is 1100. The molecule has 1 aliphatic heterocycles. The lowest BCUT2D eigenvalue weighted by Crippen LogP contribution is -2.21. The number of benzene rings is 2. The molecule has 8 nitrogen and oxygen atoms in total. The molecule has 0 spiro atoms. The Balaban J connectivity index is 1.25. The van der Waals surface area contributed by atoms with Crippen LogP contribution in [-0.4, -0.2) is 36.7 Å². The van der Waals surface area contributed by atoms with Crippen LogP contribution in [0.25, 0.3) is 0 Å². The number of nitrogens with zero attached hydrogens (tertiary/aromatic N) is 1. The van der Waals surface area contributed by atoms with Crippen LogP contribution in [0.4, 0.5) is 5.69 Å². The van der Waals surface area contributed by atoms with Gasteiger partial charge < -0.3 is 24.3 Å². The number of esters is 1. The smallest absolute Gasteiger partial charge is 0.338 e. The van der Waals surface area contributed by atoms with Gasteiger partial charge in [0.05, 0.1) is 29.5 Å². The van der Waals surface area contributed by atoms with Gasteiger partial charge in [-0.15, -0.1) is 11.3 Å². The van der Waals surface area contributed by atoms with Gasteiger partial charge in [-0.05, 0) is 43.3 Å². The summed E-state index contributed by atoms with van der Waals surface area (Å²) in [5.41, 5.74) is 1.72. The van der Waals surface area contributed by atoms with Crippen LogP contribution in [0.15, 0.2) is 47.8 Å². The molecule has 2 aromatic carbocycles. The van der Waals surface area contributed by atoms with Gasteiger partial charge in [0, 0.05) is 23.6 Å². The van der Waals surface area contributed by atoms with Crippen LogP contribution in [0.3, 0.4) is 0 Å². The molecule has 2 heterocycles. The lowest BCUT2D eigenvalue weighted by atomic mass is 10.2. The Hall–Kier alpha value is -3.59. The number of aryl methyl sites for hydroxylation is 1. The van der Waals surface area contributed by atoms with Crippen LogP contribution in [0, 0.1) is 6.92 Å². The average molecular weight is 455 g/mol. The van der Waals surface area contributed by atoms with E-state index in [1.165, 1.54) is 0 Å². The zero-order chi connectivity index (χ0) is 22.3. The van der Waals surface area contributed by atoms with E-state index in [0.717, 1.165) is 17.1 Å². The molecule has 0 radical (unpaired) electrons. The summed E-state index contributed by atoms with van der Waals surface area (Å²) in [6.45, 7) is 3.03. The van der Waals surface area contributed by atoms with E-state index >= 15 is 0 Å². The van der Waals surface area contributed by atoms with Gasteiger partial charge in [-0.3, -0.25) is 4.79 Å². The van der Waals surface area contributed by atoms with Crippen molar-refractivity contribution in [1.82, 2.24) is 4.98 Å². The third kappa shape index (κ3) is 5.76. The van der Waals surface area contributed by atoms with Gasteiger partial charge in [-0.1, -0.05) is 0 Å². The summed E-state index contributed by atoms with van der Waals surface area (Å²) < 4.78 is 21.9. The molecule has 0 unspecified atom stereocenters. The molecule has 1 aromatic heterocycles. The monoisotopic (exact) mass is 454 g/mol. The van der Waals surface area contributed by atoms with Crippen LogP contribution in [0.2, 0.25) is 0 Å². The number of ether oxygens (including phenoxy) is 4. The molecule has 32 heavy (non-hydrogen) atoms. The van der Waals surface area contributed by atoms with E-state index in [4.69, 9.17) is 18.9 Å². The molecule has 0 atom stereocenters. The van der Waals surface area contributed by atoms with Crippen LogP contribution < -0.4 is 19.5 Å². The zero-order valence-corrected chi connectivity index (χ0v) is 18.3. The second-order valence-corrected chi connectivity index (χ2v) is 8.07. The lowest BCUT2D eigenvalue weighted by Gasteiger charge is -2.11. The molecule has 0 saturated carbocycles. The highest BCUT2D eigenvalue weighted by atomic mass is 32.1. The van der Waals surface area contributed by atoms with Crippen LogP contribution in [0.1, 0.15) is 27.5 Å². The van der Waals surface area contributed by atoms with Crippen molar-refractivity contribution in [2.45, 2.75) is 20.0 Å². The number of fused-ring (bicyclic) bond motifs is 1. The summed E-state index contributed by atoms with van der Waals surface area (Å²) in [5.74, 6) is 0.775. The molecule has 1 N–H and O–H groups in total.